The van der Waals surface area contributed by atoms with Crippen molar-refractivity contribution >= 4 is 23.0 Å². The summed E-state index contributed by atoms with van der Waals surface area (Å²) in [6.45, 7) is 3.67. The van der Waals surface area contributed by atoms with E-state index >= 15 is 0 Å². The first-order valence-corrected chi connectivity index (χ1v) is 11.4. The molecule has 32 heavy (non-hydrogen) atoms. The van der Waals surface area contributed by atoms with Crippen LogP contribution in [0.1, 0.15) is 43.2 Å². The second-order valence-electron chi connectivity index (χ2n) is 9.56. The molecular weight excluding hydrogens is 410 g/mol. The summed E-state index contributed by atoms with van der Waals surface area (Å²) in [6.07, 6.45) is 4.83. The Morgan fingerprint density at radius 2 is 2.12 bits per heavy atom. The summed E-state index contributed by atoms with van der Waals surface area (Å²) in [6, 6.07) is 8.13. The fraction of sp³-hybridized carbons (Fsp3) is 0.560. The zero-order valence-electron chi connectivity index (χ0n) is 19.1. The van der Waals surface area contributed by atoms with Crippen LogP contribution in [0.3, 0.4) is 0 Å². The molecule has 2 aromatic rings. The molecule has 3 atom stereocenters. The number of aliphatic imine (C=N–C) groups is 1. The number of halogens is 2. The number of likely N-dealkylation sites (tertiary alicyclic amines) is 2. The van der Waals surface area contributed by atoms with E-state index in [1.807, 2.05) is 17.0 Å². The number of amides is 1. The van der Waals surface area contributed by atoms with Gasteiger partial charge in [0.25, 0.3) is 5.92 Å². The normalized spacial score (nSPS) is 26.7. The number of nitrogens with zero attached hydrogens (tertiary/aromatic N) is 4. The molecule has 1 amide bonds. The standard InChI is InChI=1S/C25H32F2N4O/c1-17-11-19(21-7-6-18(13-28-2)24-22(21)5-4-9-29-24)15-31(14-17)23(32)12-20-8-10-30(3)16-25(20,26)27/h4-7,9,13,17,19-20H,8,10-12,14-16H2,1-3H3/t17-,19+,20+/m1/s1. The van der Waals surface area contributed by atoms with Crippen LogP contribution in [-0.2, 0) is 4.79 Å². The Labute approximate surface area is 188 Å². The Kier molecular flexibility index (Phi) is 6.56. The van der Waals surface area contributed by atoms with Crippen LogP contribution in [0.4, 0.5) is 8.78 Å². The minimum atomic E-state index is -2.82. The first-order valence-electron chi connectivity index (χ1n) is 11.4. The summed E-state index contributed by atoms with van der Waals surface area (Å²) in [5, 5.41) is 1.07. The Balaban J connectivity index is 1.55. The summed E-state index contributed by atoms with van der Waals surface area (Å²) in [5.41, 5.74) is 3.03. The molecule has 0 unspecified atom stereocenters. The fourth-order valence-electron chi connectivity index (χ4n) is 5.34. The van der Waals surface area contributed by atoms with Crippen molar-refractivity contribution in [2.24, 2.45) is 16.8 Å². The van der Waals surface area contributed by atoms with Gasteiger partial charge in [-0.1, -0.05) is 25.1 Å². The van der Waals surface area contributed by atoms with Crippen LogP contribution in [-0.4, -0.2) is 73.1 Å². The Morgan fingerprint density at radius 1 is 1.31 bits per heavy atom. The van der Waals surface area contributed by atoms with Gasteiger partial charge in [0.15, 0.2) is 0 Å². The second-order valence-corrected chi connectivity index (χ2v) is 9.56. The summed E-state index contributed by atoms with van der Waals surface area (Å²) in [5.74, 6) is -3.38. The van der Waals surface area contributed by atoms with Crippen molar-refractivity contribution in [1.82, 2.24) is 14.8 Å². The van der Waals surface area contributed by atoms with Crippen molar-refractivity contribution in [1.29, 1.82) is 0 Å². The van der Waals surface area contributed by atoms with E-state index in [1.165, 1.54) is 0 Å². The van der Waals surface area contributed by atoms with E-state index in [-0.39, 0.29) is 24.8 Å². The fourth-order valence-corrected chi connectivity index (χ4v) is 5.34. The number of alkyl halides is 2. The second kappa shape index (κ2) is 9.22. The smallest absolute Gasteiger partial charge is 0.263 e. The van der Waals surface area contributed by atoms with Gasteiger partial charge in [-0.3, -0.25) is 14.8 Å². The maximum absolute atomic E-state index is 14.5. The van der Waals surface area contributed by atoms with Gasteiger partial charge >= 0.3 is 0 Å². The van der Waals surface area contributed by atoms with Crippen molar-refractivity contribution in [2.45, 2.75) is 38.0 Å². The van der Waals surface area contributed by atoms with Crippen LogP contribution < -0.4 is 0 Å². The summed E-state index contributed by atoms with van der Waals surface area (Å²) >= 11 is 0. The Hall–Kier alpha value is -2.41. The highest BCUT2D eigenvalue weighted by molar-refractivity contribution is 5.99. The molecule has 2 aliphatic heterocycles. The number of pyridine rings is 1. The zero-order valence-corrected chi connectivity index (χ0v) is 19.1. The maximum atomic E-state index is 14.5. The van der Waals surface area contributed by atoms with E-state index in [4.69, 9.17) is 0 Å². The number of hydrogen-bond donors (Lipinski definition) is 0. The first-order chi connectivity index (χ1) is 15.3. The molecule has 172 valence electrons. The highest BCUT2D eigenvalue weighted by Gasteiger charge is 2.45. The van der Waals surface area contributed by atoms with E-state index in [0.29, 0.717) is 32.0 Å². The molecule has 4 rings (SSSR count). The molecule has 0 spiro atoms. The Morgan fingerprint density at radius 3 is 2.88 bits per heavy atom. The van der Waals surface area contributed by atoms with E-state index in [1.54, 1.807) is 31.4 Å². The molecule has 0 aliphatic carbocycles. The monoisotopic (exact) mass is 442 g/mol. The maximum Gasteiger partial charge on any atom is 0.263 e. The SMILES string of the molecule is CN=Cc1ccc([C@H]2C[C@@H](C)CN(C(=O)C[C@@H]3CCN(C)CC3(F)F)C2)c2cccnc12. The van der Waals surface area contributed by atoms with Crippen molar-refractivity contribution in [3.8, 4) is 0 Å². The van der Waals surface area contributed by atoms with Gasteiger partial charge in [-0.05, 0) is 44.0 Å². The lowest BCUT2D eigenvalue weighted by Crippen LogP contribution is -2.49. The number of benzene rings is 1. The summed E-state index contributed by atoms with van der Waals surface area (Å²) in [4.78, 5) is 25.3. The number of piperidine rings is 2. The minimum Gasteiger partial charge on any atom is -0.342 e. The lowest BCUT2D eigenvalue weighted by molar-refractivity contribution is -0.145. The van der Waals surface area contributed by atoms with Gasteiger partial charge < -0.3 is 9.80 Å². The van der Waals surface area contributed by atoms with Crippen LogP contribution in [0.5, 0.6) is 0 Å². The molecule has 7 heteroatoms. The lowest BCUT2D eigenvalue weighted by Gasteiger charge is -2.40. The van der Waals surface area contributed by atoms with Crippen LogP contribution >= 0.6 is 0 Å². The van der Waals surface area contributed by atoms with Gasteiger partial charge in [0.05, 0.1) is 12.1 Å². The number of hydrogen-bond acceptors (Lipinski definition) is 4. The quantitative estimate of drug-likeness (QED) is 0.667. The number of fused-ring (bicyclic) bond motifs is 1. The van der Waals surface area contributed by atoms with Crippen molar-refractivity contribution in [3.05, 3.63) is 41.6 Å². The largest absolute Gasteiger partial charge is 0.342 e. The third kappa shape index (κ3) is 4.68. The molecule has 3 heterocycles. The highest BCUT2D eigenvalue weighted by atomic mass is 19.3. The highest BCUT2D eigenvalue weighted by Crippen LogP contribution is 2.38. The third-order valence-corrected chi connectivity index (χ3v) is 6.91. The molecule has 5 nitrogen and oxygen atoms in total. The number of aromatic nitrogens is 1. The van der Waals surface area contributed by atoms with Crippen LogP contribution in [0, 0.1) is 11.8 Å². The van der Waals surface area contributed by atoms with Crippen molar-refractivity contribution < 1.29 is 13.6 Å². The van der Waals surface area contributed by atoms with Crippen LogP contribution in [0.2, 0.25) is 0 Å². The molecule has 1 aromatic carbocycles. The average molecular weight is 443 g/mol. The van der Waals surface area contributed by atoms with E-state index in [2.05, 4.69) is 29.0 Å². The van der Waals surface area contributed by atoms with Gasteiger partial charge in [-0.25, -0.2) is 8.78 Å². The van der Waals surface area contributed by atoms with E-state index < -0.39 is 11.8 Å². The van der Waals surface area contributed by atoms with Crippen LogP contribution in [0.15, 0.2) is 35.5 Å². The van der Waals surface area contributed by atoms with Crippen molar-refractivity contribution in [3.63, 3.8) is 0 Å². The van der Waals surface area contributed by atoms with E-state index in [0.717, 1.165) is 28.5 Å². The third-order valence-electron chi connectivity index (χ3n) is 6.91. The van der Waals surface area contributed by atoms with Gasteiger partial charge in [0.1, 0.15) is 0 Å². The number of carbonyl (C=O) groups excluding carboxylic acids is 1. The molecule has 0 N–H and O–H groups in total. The van der Waals surface area contributed by atoms with Crippen molar-refractivity contribution in [2.75, 3.05) is 40.3 Å². The lowest BCUT2D eigenvalue weighted by atomic mass is 9.82. The topological polar surface area (TPSA) is 48.8 Å². The van der Waals surface area contributed by atoms with Crippen LogP contribution in [0.25, 0.3) is 10.9 Å². The van der Waals surface area contributed by atoms with Gasteiger partial charge in [0, 0.05) is 61.8 Å². The number of carbonyl (C=O) groups is 1. The molecule has 2 aliphatic rings. The predicted octanol–water partition coefficient (Wildman–Crippen LogP) is 4.21. The molecular formula is C25H32F2N4O. The minimum absolute atomic E-state index is 0.0749. The molecule has 1 aromatic heterocycles. The predicted molar refractivity (Wildman–Crippen MR) is 124 cm³/mol. The Bertz CT molecular complexity index is 1010. The van der Waals surface area contributed by atoms with E-state index in [9.17, 15) is 13.6 Å². The first kappa shape index (κ1) is 22.8. The summed E-state index contributed by atoms with van der Waals surface area (Å²) in [7, 11) is 3.45. The van der Waals surface area contributed by atoms with Gasteiger partial charge in [-0.15, -0.1) is 0 Å². The molecule has 0 radical (unpaired) electrons. The van der Waals surface area contributed by atoms with Gasteiger partial charge in [-0.2, -0.15) is 0 Å². The molecule has 0 saturated carbocycles. The molecule has 2 saturated heterocycles. The zero-order chi connectivity index (χ0) is 22.9. The molecule has 2 fully saturated rings. The van der Waals surface area contributed by atoms with Gasteiger partial charge in [0.2, 0.25) is 5.91 Å². The average Bonchev–Trinajstić information content (AvgIpc) is 2.75. The summed E-state index contributed by atoms with van der Waals surface area (Å²) < 4.78 is 29.0. The molecule has 0 bridgehead atoms. The number of rotatable bonds is 4.